The van der Waals surface area contributed by atoms with Gasteiger partial charge in [-0.15, -0.1) is 0 Å². The van der Waals surface area contributed by atoms with Crippen LogP contribution in [0.5, 0.6) is 0 Å². The van der Waals surface area contributed by atoms with E-state index in [1.807, 2.05) is 0 Å². The Kier molecular flexibility index (Phi) is 3.69. The van der Waals surface area contributed by atoms with Gasteiger partial charge in [-0.1, -0.05) is 6.07 Å². The van der Waals surface area contributed by atoms with Crippen LogP contribution in [0.25, 0.3) is 0 Å². The second kappa shape index (κ2) is 4.58. The Labute approximate surface area is 81.6 Å². The number of hydrogen-bond acceptors (Lipinski definition) is 2. The van der Waals surface area contributed by atoms with E-state index < -0.39 is 11.6 Å². The molecule has 1 N–H and O–H groups in total. The molecule has 1 rings (SSSR count). The van der Waals surface area contributed by atoms with E-state index in [-0.39, 0.29) is 6.04 Å². The second-order valence-corrected chi connectivity index (χ2v) is 3.06. The van der Waals surface area contributed by atoms with Crippen LogP contribution in [0.4, 0.5) is 8.78 Å². The molecule has 0 aromatic heterocycles. The van der Waals surface area contributed by atoms with Crippen LogP contribution in [0.15, 0.2) is 18.2 Å². The lowest BCUT2D eigenvalue weighted by molar-refractivity contribution is 0.504. The summed E-state index contributed by atoms with van der Waals surface area (Å²) in [6, 6.07) is 3.82. The monoisotopic (exact) mass is 203 g/mol. The molecule has 1 aromatic carbocycles. The maximum Gasteiger partial charge on any atom is 0.159 e. The number of halogens is 2. The van der Waals surface area contributed by atoms with Crippen molar-refractivity contribution in [2.75, 3.05) is 12.8 Å². The summed E-state index contributed by atoms with van der Waals surface area (Å²) < 4.78 is 25.3. The van der Waals surface area contributed by atoms with Crippen molar-refractivity contribution in [1.29, 1.82) is 0 Å². The third kappa shape index (κ3) is 2.42. The Bertz CT molecular complexity index is 287. The Balaban J connectivity index is 2.95. The average Bonchev–Trinajstić information content (AvgIpc) is 2.13. The summed E-state index contributed by atoms with van der Waals surface area (Å²) >= 11 is 4.09. The maximum absolute atomic E-state index is 12.8. The van der Waals surface area contributed by atoms with Gasteiger partial charge in [-0.3, -0.25) is 0 Å². The molecule has 0 aliphatic carbocycles. The van der Waals surface area contributed by atoms with E-state index in [4.69, 9.17) is 0 Å². The van der Waals surface area contributed by atoms with Crippen molar-refractivity contribution in [3.05, 3.63) is 35.4 Å². The van der Waals surface area contributed by atoms with Crippen molar-refractivity contribution in [1.82, 2.24) is 5.32 Å². The Morgan fingerprint density at radius 2 is 2.08 bits per heavy atom. The Morgan fingerprint density at radius 1 is 1.38 bits per heavy atom. The molecule has 1 unspecified atom stereocenters. The quantitative estimate of drug-likeness (QED) is 0.717. The lowest BCUT2D eigenvalue weighted by Gasteiger charge is -2.13. The van der Waals surface area contributed by atoms with Gasteiger partial charge in [0.25, 0.3) is 0 Å². The van der Waals surface area contributed by atoms with Crippen LogP contribution < -0.4 is 5.32 Å². The molecule has 72 valence electrons. The molecular formula is C9H11F2NS. The number of nitrogens with one attached hydrogen (secondary N) is 1. The van der Waals surface area contributed by atoms with Gasteiger partial charge in [0.05, 0.1) is 0 Å². The molecule has 1 nitrogen and oxygen atoms in total. The van der Waals surface area contributed by atoms with E-state index in [0.717, 1.165) is 6.07 Å². The highest BCUT2D eigenvalue weighted by atomic mass is 32.1. The summed E-state index contributed by atoms with van der Waals surface area (Å²) in [5.41, 5.74) is 0.705. The SMILES string of the molecule is CNC(CS)c1ccc(F)c(F)c1. The van der Waals surface area contributed by atoms with E-state index in [2.05, 4.69) is 17.9 Å². The van der Waals surface area contributed by atoms with Crippen LogP contribution in [0.3, 0.4) is 0 Å². The van der Waals surface area contributed by atoms with Gasteiger partial charge in [-0.2, -0.15) is 12.6 Å². The largest absolute Gasteiger partial charge is 0.312 e. The van der Waals surface area contributed by atoms with Gasteiger partial charge in [-0.25, -0.2) is 8.78 Å². The fourth-order valence-corrected chi connectivity index (χ4v) is 1.49. The highest BCUT2D eigenvalue weighted by Gasteiger charge is 2.09. The summed E-state index contributed by atoms with van der Waals surface area (Å²) in [6.45, 7) is 0. The van der Waals surface area contributed by atoms with Crippen molar-refractivity contribution >= 4 is 12.6 Å². The minimum atomic E-state index is -0.822. The first-order valence-corrected chi connectivity index (χ1v) is 4.55. The highest BCUT2D eigenvalue weighted by molar-refractivity contribution is 7.80. The number of hydrogen-bond donors (Lipinski definition) is 2. The molecule has 0 radical (unpaired) electrons. The molecule has 0 amide bonds. The molecule has 1 atom stereocenters. The van der Waals surface area contributed by atoms with Gasteiger partial charge in [0.15, 0.2) is 11.6 Å². The number of rotatable bonds is 3. The molecule has 0 bridgehead atoms. The van der Waals surface area contributed by atoms with Gasteiger partial charge < -0.3 is 5.32 Å². The smallest absolute Gasteiger partial charge is 0.159 e. The van der Waals surface area contributed by atoms with Crippen LogP contribution in [0.2, 0.25) is 0 Å². The summed E-state index contributed by atoms with van der Waals surface area (Å²) in [4.78, 5) is 0. The first-order chi connectivity index (χ1) is 6.19. The molecule has 1 aromatic rings. The highest BCUT2D eigenvalue weighted by Crippen LogP contribution is 2.16. The minimum Gasteiger partial charge on any atom is -0.312 e. The van der Waals surface area contributed by atoms with Crippen molar-refractivity contribution in [2.45, 2.75) is 6.04 Å². The third-order valence-corrected chi connectivity index (χ3v) is 2.24. The Morgan fingerprint density at radius 3 is 2.54 bits per heavy atom. The molecule has 0 fully saturated rings. The van der Waals surface area contributed by atoms with Gasteiger partial charge in [0.1, 0.15) is 0 Å². The van der Waals surface area contributed by atoms with Crippen molar-refractivity contribution < 1.29 is 8.78 Å². The zero-order valence-electron chi connectivity index (χ0n) is 7.22. The van der Waals surface area contributed by atoms with E-state index in [9.17, 15) is 8.78 Å². The standard InChI is InChI=1S/C9H11F2NS/c1-12-9(5-13)6-2-3-7(10)8(11)4-6/h2-4,9,12-13H,5H2,1H3. The minimum absolute atomic E-state index is 0.0431. The molecular weight excluding hydrogens is 192 g/mol. The lowest BCUT2D eigenvalue weighted by atomic mass is 10.1. The van der Waals surface area contributed by atoms with E-state index in [1.165, 1.54) is 6.07 Å². The second-order valence-electron chi connectivity index (χ2n) is 2.70. The fraction of sp³-hybridized carbons (Fsp3) is 0.333. The summed E-state index contributed by atoms with van der Waals surface area (Å²) in [6.07, 6.45) is 0. The van der Waals surface area contributed by atoms with Gasteiger partial charge in [0.2, 0.25) is 0 Å². The van der Waals surface area contributed by atoms with Gasteiger partial charge >= 0.3 is 0 Å². The topological polar surface area (TPSA) is 12.0 Å². The van der Waals surface area contributed by atoms with Gasteiger partial charge in [-0.05, 0) is 24.7 Å². The van der Waals surface area contributed by atoms with E-state index in [1.54, 1.807) is 13.1 Å². The predicted molar refractivity (Wildman–Crippen MR) is 52.0 cm³/mol. The first kappa shape index (κ1) is 10.5. The van der Waals surface area contributed by atoms with E-state index in [0.29, 0.717) is 11.3 Å². The van der Waals surface area contributed by atoms with Crippen molar-refractivity contribution in [3.63, 3.8) is 0 Å². The van der Waals surface area contributed by atoms with Crippen LogP contribution in [0.1, 0.15) is 11.6 Å². The molecule has 13 heavy (non-hydrogen) atoms. The first-order valence-electron chi connectivity index (χ1n) is 3.92. The zero-order chi connectivity index (χ0) is 9.84. The molecule has 0 aliphatic rings. The normalized spacial score (nSPS) is 12.9. The predicted octanol–water partition coefficient (Wildman–Crippen LogP) is 2.16. The molecule has 4 heteroatoms. The zero-order valence-corrected chi connectivity index (χ0v) is 8.11. The number of thiol groups is 1. The van der Waals surface area contributed by atoms with Crippen LogP contribution >= 0.6 is 12.6 Å². The van der Waals surface area contributed by atoms with Crippen molar-refractivity contribution in [3.8, 4) is 0 Å². The van der Waals surface area contributed by atoms with E-state index >= 15 is 0 Å². The molecule has 0 spiro atoms. The molecule has 0 aliphatic heterocycles. The fourth-order valence-electron chi connectivity index (χ4n) is 1.09. The average molecular weight is 203 g/mol. The molecule has 0 heterocycles. The Hall–Kier alpha value is -0.610. The molecule has 0 saturated heterocycles. The van der Waals surface area contributed by atoms with Crippen LogP contribution in [-0.4, -0.2) is 12.8 Å². The van der Waals surface area contributed by atoms with Gasteiger partial charge in [0, 0.05) is 11.8 Å². The summed E-state index contributed by atoms with van der Waals surface area (Å²) in [7, 11) is 1.75. The molecule has 0 saturated carbocycles. The maximum atomic E-state index is 12.8. The lowest BCUT2D eigenvalue weighted by Crippen LogP contribution is -2.17. The third-order valence-electron chi connectivity index (χ3n) is 1.88. The summed E-state index contributed by atoms with van der Waals surface area (Å²) in [5, 5.41) is 2.95. The number of benzene rings is 1. The van der Waals surface area contributed by atoms with Crippen LogP contribution in [0, 0.1) is 11.6 Å². The van der Waals surface area contributed by atoms with Crippen LogP contribution in [-0.2, 0) is 0 Å². The van der Waals surface area contributed by atoms with Crippen molar-refractivity contribution in [2.24, 2.45) is 0 Å². The summed E-state index contributed by atoms with van der Waals surface area (Å²) in [5.74, 6) is -1.10.